The van der Waals surface area contributed by atoms with E-state index in [1.54, 1.807) is 12.1 Å². The number of nitrogens with one attached hydrogen (secondary N) is 1. The summed E-state index contributed by atoms with van der Waals surface area (Å²) in [4.78, 5) is 12.8. The van der Waals surface area contributed by atoms with E-state index in [0.29, 0.717) is 16.1 Å². The number of hydrogen-bond donors (Lipinski definition) is 1. The lowest BCUT2D eigenvalue weighted by molar-refractivity contribution is 0.102. The van der Waals surface area contributed by atoms with E-state index in [9.17, 15) is 4.79 Å². The van der Waals surface area contributed by atoms with Crippen molar-refractivity contribution < 1.29 is 4.79 Å². The number of aryl methyl sites for hydroxylation is 2. The summed E-state index contributed by atoms with van der Waals surface area (Å²) in [7, 11) is 0. The summed E-state index contributed by atoms with van der Waals surface area (Å²) in [5.74, 6) is -0.221. The highest BCUT2D eigenvalue weighted by atomic mass is 32.1. The average molecular weight is 286 g/mol. The Morgan fingerprint density at radius 2 is 2.30 bits per heavy atom. The molecule has 0 aliphatic heterocycles. The van der Waals surface area contributed by atoms with Crippen molar-refractivity contribution in [3.05, 3.63) is 39.9 Å². The minimum absolute atomic E-state index is 0.221. The van der Waals surface area contributed by atoms with E-state index in [0.717, 1.165) is 35.6 Å². The number of carbonyl (C=O) groups excluding carboxylic acids is 1. The van der Waals surface area contributed by atoms with Gasteiger partial charge in [0, 0.05) is 5.69 Å². The first-order valence-electron chi connectivity index (χ1n) is 6.29. The Bertz CT molecular complexity index is 672. The zero-order chi connectivity index (χ0) is 14.5. The molecule has 1 heterocycles. The lowest BCUT2D eigenvalue weighted by Gasteiger charge is -2.08. The highest BCUT2D eigenvalue weighted by Crippen LogP contribution is 2.20. The predicted octanol–water partition coefficient (Wildman–Crippen LogP) is 2.92. The number of nitriles is 1. The molecule has 0 aliphatic rings. The zero-order valence-corrected chi connectivity index (χ0v) is 12.1. The maximum atomic E-state index is 12.3. The molecule has 102 valence electrons. The van der Waals surface area contributed by atoms with Crippen molar-refractivity contribution in [1.29, 1.82) is 5.26 Å². The van der Waals surface area contributed by atoms with E-state index in [-0.39, 0.29) is 5.91 Å². The largest absolute Gasteiger partial charge is 0.321 e. The Balaban J connectivity index is 2.23. The molecule has 5 nitrogen and oxygen atoms in total. The van der Waals surface area contributed by atoms with Crippen molar-refractivity contribution in [3.63, 3.8) is 0 Å². The standard InChI is InChI=1S/C14H14N4OS/c1-3-4-11-13(20-18-17-11)14(19)16-12-7-10(8-15)6-5-9(12)2/h5-7H,3-4H2,1-2H3,(H,16,19). The molecule has 0 saturated heterocycles. The Morgan fingerprint density at radius 3 is 3.00 bits per heavy atom. The topological polar surface area (TPSA) is 78.7 Å². The third-order valence-electron chi connectivity index (χ3n) is 2.86. The molecule has 0 spiro atoms. The van der Waals surface area contributed by atoms with Gasteiger partial charge in [0.15, 0.2) is 0 Å². The van der Waals surface area contributed by atoms with Crippen LogP contribution in [0, 0.1) is 18.3 Å². The van der Waals surface area contributed by atoms with Gasteiger partial charge in [0.05, 0.1) is 17.3 Å². The molecular formula is C14H14N4OS. The van der Waals surface area contributed by atoms with E-state index >= 15 is 0 Å². The van der Waals surface area contributed by atoms with E-state index in [4.69, 9.17) is 5.26 Å². The number of carbonyl (C=O) groups is 1. The molecule has 0 aliphatic carbocycles. The second-order valence-electron chi connectivity index (χ2n) is 4.39. The quantitative estimate of drug-likeness (QED) is 0.937. The maximum Gasteiger partial charge on any atom is 0.269 e. The third-order valence-corrected chi connectivity index (χ3v) is 3.63. The second-order valence-corrected chi connectivity index (χ2v) is 5.15. The summed E-state index contributed by atoms with van der Waals surface area (Å²) in [5.41, 5.74) is 2.79. The Hall–Kier alpha value is -2.26. The van der Waals surface area contributed by atoms with Gasteiger partial charge in [-0.3, -0.25) is 4.79 Å². The van der Waals surface area contributed by atoms with Crippen LogP contribution in [0.25, 0.3) is 0 Å². The van der Waals surface area contributed by atoms with Crippen LogP contribution < -0.4 is 5.32 Å². The summed E-state index contributed by atoms with van der Waals surface area (Å²) in [6, 6.07) is 7.26. The molecule has 0 bridgehead atoms. The fourth-order valence-electron chi connectivity index (χ4n) is 1.79. The van der Waals surface area contributed by atoms with Crippen LogP contribution in [0.5, 0.6) is 0 Å². The first-order chi connectivity index (χ1) is 9.65. The summed E-state index contributed by atoms with van der Waals surface area (Å²) in [6.07, 6.45) is 1.64. The number of rotatable bonds is 4. The molecular weight excluding hydrogens is 272 g/mol. The fraction of sp³-hybridized carbons (Fsp3) is 0.286. The third kappa shape index (κ3) is 3.00. The van der Waals surface area contributed by atoms with Crippen LogP contribution in [0.2, 0.25) is 0 Å². The number of benzene rings is 1. The summed E-state index contributed by atoms with van der Waals surface area (Å²) >= 11 is 1.09. The van der Waals surface area contributed by atoms with E-state index in [1.807, 2.05) is 19.9 Å². The number of anilines is 1. The van der Waals surface area contributed by atoms with Crippen molar-refractivity contribution in [2.24, 2.45) is 0 Å². The minimum atomic E-state index is -0.221. The van der Waals surface area contributed by atoms with E-state index < -0.39 is 0 Å². The van der Waals surface area contributed by atoms with E-state index in [2.05, 4.69) is 21.0 Å². The average Bonchev–Trinajstić information content (AvgIpc) is 2.90. The van der Waals surface area contributed by atoms with Crippen LogP contribution in [0.3, 0.4) is 0 Å². The second kappa shape index (κ2) is 6.26. The van der Waals surface area contributed by atoms with Gasteiger partial charge in [0.25, 0.3) is 5.91 Å². The van der Waals surface area contributed by atoms with Gasteiger partial charge < -0.3 is 5.32 Å². The van der Waals surface area contributed by atoms with Crippen LogP contribution >= 0.6 is 11.5 Å². The summed E-state index contributed by atoms with van der Waals surface area (Å²) < 4.78 is 3.84. The van der Waals surface area contributed by atoms with Gasteiger partial charge in [-0.1, -0.05) is 23.9 Å². The van der Waals surface area contributed by atoms with Gasteiger partial charge in [-0.2, -0.15) is 5.26 Å². The SMILES string of the molecule is CCCc1nnsc1C(=O)Nc1cc(C#N)ccc1C. The summed E-state index contributed by atoms with van der Waals surface area (Å²) in [5, 5.41) is 15.7. The number of hydrogen-bond acceptors (Lipinski definition) is 5. The van der Waals surface area contributed by atoms with Crippen molar-refractivity contribution in [3.8, 4) is 6.07 Å². The van der Waals surface area contributed by atoms with Gasteiger partial charge in [-0.15, -0.1) is 5.10 Å². The smallest absolute Gasteiger partial charge is 0.269 e. The number of aromatic nitrogens is 2. The predicted molar refractivity (Wildman–Crippen MR) is 77.8 cm³/mol. The number of nitrogens with zero attached hydrogens (tertiary/aromatic N) is 3. The van der Waals surface area contributed by atoms with Crippen molar-refractivity contribution >= 4 is 23.1 Å². The molecule has 0 saturated carbocycles. The van der Waals surface area contributed by atoms with Crippen molar-refractivity contribution in [2.75, 3.05) is 5.32 Å². The first kappa shape index (κ1) is 14.2. The van der Waals surface area contributed by atoms with Crippen molar-refractivity contribution in [2.45, 2.75) is 26.7 Å². The molecule has 1 amide bonds. The van der Waals surface area contributed by atoms with Gasteiger partial charge in [0.2, 0.25) is 0 Å². The molecule has 0 unspecified atom stereocenters. The molecule has 2 aromatic rings. The first-order valence-corrected chi connectivity index (χ1v) is 7.06. The normalized spacial score (nSPS) is 10.1. The lowest BCUT2D eigenvalue weighted by atomic mass is 10.1. The van der Waals surface area contributed by atoms with Crippen LogP contribution in [-0.2, 0) is 6.42 Å². The van der Waals surface area contributed by atoms with Crippen LogP contribution in [-0.4, -0.2) is 15.5 Å². The zero-order valence-electron chi connectivity index (χ0n) is 11.3. The van der Waals surface area contributed by atoms with Crippen molar-refractivity contribution in [1.82, 2.24) is 9.59 Å². The van der Waals surface area contributed by atoms with Gasteiger partial charge in [-0.05, 0) is 42.6 Å². The molecule has 1 aromatic heterocycles. The Kier molecular flexibility index (Phi) is 4.43. The Morgan fingerprint density at radius 1 is 1.50 bits per heavy atom. The molecule has 1 aromatic carbocycles. The fourth-order valence-corrected chi connectivity index (χ4v) is 2.39. The Labute approximate surface area is 121 Å². The molecule has 6 heteroatoms. The monoisotopic (exact) mass is 286 g/mol. The molecule has 0 fully saturated rings. The van der Waals surface area contributed by atoms with Gasteiger partial charge in [-0.25, -0.2) is 0 Å². The van der Waals surface area contributed by atoms with Crippen LogP contribution in [0.1, 0.15) is 39.8 Å². The molecule has 0 atom stereocenters. The maximum absolute atomic E-state index is 12.3. The molecule has 1 N–H and O–H groups in total. The van der Waals surface area contributed by atoms with Gasteiger partial charge >= 0.3 is 0 Å². The molecule has 0 radical (unpaired) electrons. The van der Waals surface area contributed by atoms with Crippen LogP contribution in [0.4, 0.5) is 5.69 Å². The number of amides is 1. The van der Waals surface area contributed by atoms with Crippen LogP contribution in [0.15, 0.2) is 18.2 Å². The highest BCUT2D eigenvalue weighted by molar-refractivity contribution is 7.08. The lowest BCUT2D eigenvalue weighted by Crippen LogP contribution is -2.13. The molecule has 2 rings (SSSR count). The minimum Gasteiger partial charge on any atom is -0.321 e. The summed E-state index contributed by atoms with van der Waals surface area (Å²) in [6.45, 7) is 3.91. The van der Waals surface area contributed by atoms with E-state index in [1.165, 1.54) is 0 Å². The molecule has 20 heavy (non-hydrogen) atoms. The van der Waals surface area contributed by atoms with Gasteiger partial charge in [0.1, 0.15) is 4.88 Å². The highest BCUT2D eigenvalue weighted by Gasteiger charge is 2.16.